The van der Waals surface area contributed by atoms with Crippen LogP contribution >= 0.6 is 0 Å². The number of aromatic nitrogens is 2. The quantitative estimate of drug-likeness (QED) is 0.808. The van der Waals surface area contributed by atoms with Crippen LogP contribution in [0.25, 0.3) is 10.8 Å². The van der Waals surface area contributed by atoms with E-state index < -0.39 is 9.84 Å². The molecule has 1 atom stereocenters. The Kier molecular flexibility index (Phi) is 4.64. The van der Waals surface area contributed by atoms with Crippen LogP contribution in [0.2, 0.25) is 0 Å². The number of hydrogen-bond acceptors (Lipinski definition) is 5. The zero-order valence-electron chi connectivity index (χ0n) is 14.3. The predicted octanol–water partition coefficient (Wildman–Crippen LogP) is 0.973. The molecular formula is C17H21N3O4S. The van der Waals surface area contributed by atoms with Crippen molar-refractivity contribution in [3.8, 4) is 0 Å². The van der Waals surface area contributed by atoms with Crippen molar-refractivity contribution in [2.24, 2.45) is 7.05 Å². The van der Waals surface area contributed by atoms with E-state index in [4.69, 9.17) is 0 Å². The van der Waals surface area contributed by atoms with Crippen LogP contribution in [0.5, 0.6) is 0 Å². The van der Waals surface area contributed by atoms with Gasteiger partial charge in [0, 0.05) is 25.0 Å². The Labute approximate surface area is 146 Å². The number of hydrogen-bond donors (Lipinski definition) is 0. The number of fused-ring (bicyclic) bond motifs is 1. The Morgan fingerprint density at radius 2 is 2.00 bits per heavy atom. The van der Waals surface area contributed by atoms with E-state index in [-0.39, 0.29) is 34.7 Å². The van der Waals surface area contributed by atoms with Crippen molar-refractivity contribution in [1.29, 1.82) is 0 Å². The third-order valence-electron chi connectivity index (χ3n) is 4.53. The van der Waals surface area contributed by atoms with Gasteiger partial charge < -0.3 is 4.90 Å². The number of nitrogens with zero attached hydrogens (tertiary/aromatic N) is 3. The minimum absolute atomic E-state index is 0.0115. The van der Waals surface area contributed by atoms with E-state index >= 15 is 0 Å². The van der Waals surface area contributed by atoms with Crippen LogP contribution in [0.15, 0.2) is 29.1 Å². The van der Waals surface area contributed by atoms with Crippen LogP contribution in [0.3, 0.4) is 0 Å². The topological polar surface area (TPSA) is 89.3 Å². The first kappa shape index (κ1) is 17.6. The fourth-order valence-electron chi connectivity index (χ4n) is 3.31. The number of carbonyl (C=O) groups is 1. The lowest BCUT2D eigenvalue weighted by Crippen LogP contribution is -2.42. The molecule has 8 heteroatoms. The zero-order chi connectivity index (χ0) is 18.2. The van der Waals surface area contributed by atoms with E-state index in [2.05, 4.69) is 5.10 Å². The molecule has 134 valence electrons. The molecule has 0 spiro atoms. The van der Waals surface area contributed by atoms with Gasteiger partial charge in [-0.1, -0.05) is 25.1 Å². The lowest BCUT2D eigenvalue weighted by Gasteiger charge is -2.28. The molecule has 1 aliphatic rings. The average molecular weight is 363 g/mol. The van der Waals surface area contributed by atoms with Gasteiger partial charge in [-0.3, -0.25) is 9.59 Å². The molecule has 1 amide bonds. The Morgan fingerprint density at radius 1 is 1.32 bits per heavy atom. The Balaban J connectivity index is 2.08. The Morgan fingerprint density at radius 3 is 2.60 bits per heavy atom. The summed E-state index contributed by atoms with van der Waals surface area (Å²) in [6, 6.07) is 6.53. The highest BCUT2D eigenvalue weighted by Gasteiger charge is 2.35. The van der Waals surface area contributed by atoms with E-state index in [0.717, 1.165) is 4.68 Å². The summed E-state index contributed by atoms with van der Waals surface area (Å²) in [6.07, 6.45) is 1.16. The van der Waals surface area contributed by atoms with Crippen LogP contribution < -0.4 is 5.56 Å². The molecular weight excluding hydrogens is 342 g/mol. The standard InChI is InChI=1S/C17H21N3O4S/c1-3-9-20(12-8-10-25(23,24)11-12)17(22)15-13-6-4-5-7-14(13)16(21)19(2)18-15/h4-7,12H,3,8-11H2,1-2H3. The second-order valence-electron chi connectivity index (χ2n) is 6.38. The van der Waals surface area contributed by atoms with Crippen molar-refractivity contribution in [1.82, 2.24) is 14.7 Å². The minimum Gasteiger partial charge on any atom is -0.333 e. The van der Waals surface area contributed by atoms with Crippen LogP contribution in [0, 0.1) is 0 Å². The summed E-state index contributed by atoms with van der Waals surface area (Å²) in [5, 5.41) is 5.10. The molecule has 2 aromatic rings. The smallest absolute Gasteiger partial charge is 0.275 e. The molecule has 3 rings (SSSR count). The maximum atomic E-state index is 13.2. The summed E-state index contributed by atoms with van der Waals surface area (Å²) in [4.78, 5) is 27.0. The van der Waals surface area contributed by atoms with Gasteiger partial charge >= 0.3 is 0 Å². The minimum atomic E-state index is -3.10. The van der Waals surface area contributed by atoms with Crippen molar-refractivity contribution in [2.75, 3.05) is 18.1 Å². The number of benzene rings is 1. The lowest BCUT2D eigenvalue weighted by atomic mass is 10.1. The molecule has 1 aromatic carbocycles. The van der Waals surface area contributed by atoms with E-state index in [0.29, 0.717) is 30.2 Å². The normalized spacial score (nSPS) is 19.2. The molecule has 1 unspecified atom stereocenters. The van der Waals surface area contributed by atoms with Gasteiger partial charge in [-0.15, -0.1) is 0 Å². The van der Waals surface area contributed by atoms with Gasteiger partial charge in [0.05, 0.1) is 16.9 Å². The maximum absolute atomic E-state index is 13.2. The fourth-order valence-corrected chi connectivity index (χ4v) is 5.04. The summed E-state index contributed by atoms with van der Waals surface area (Å²) in [5.74, 6) is -0.231. The summed E-state index contributed by atoms with van der Waals surface area (Å²) >= 11 is 0. The largest absolute Gasteiger partial charge is 0.333 e. The van der Waals surface area contributed by atoms with E-state index in [9.17, 15) is 18.0 Å². The predicted molar refractivity (Wildman–Crippen MR) is 95.4 cm³/mol. The first-order valence-corrected chi connectivity index (χ1v) is 10.1. The van der Waals surface area contributed by atoms with Crippen molar-refractivity contribution in [3.05, 3.63) is 40.3 Å². The van der Waals surface area contributed by atoms with Crippen molar-refractivity contribution in [2.45, 2.75) is 25.8 Å². The van der Waals surface area contributed by atoms with Crippen molar-refractivity contribution in [3.63, 3.8) is 0 Å². The molecule has 7 nitrogen and oxygen atoms in total. The van der Waals surface area contributed by atoms with Crippen molar-refractivity contribution < 1.29 is 13.2 Å². The zero-order valence-corrected chi connectivity index (χ0v) is 15.1. The molecule has 1 aliphatic heterocycles. The van der Waals surface area contributed by atoms with Crippen LogP contribution in [0.1, 0.15) is 30.3 Å². The van der Waals surface area contributed by atoms with Gasteiger partial charge in [-0.25, -0.2) is 13.1 Å². The SMILES string of the molecule is CCCN(C(=O)c1nn(C)c(=O)c2ccccc12)C1CCS(=O)(=O)C1. The summed E-state index contributed by atoms with van der Waals surface area (Å²) in [5.41, 5.74) is -0.0758. The van der Waals surface area contributed by atoms with Crippen LogP contribution in [0.4, 0.5) is 0 Å². The molecule has 1 aromatic heterocycles. The van der Waals surface area contributed by atoms with E-state index in [1.807, 2.05) is 6.92 Å². The summed E-state index contributed by atoms with van der Waals surface area (Å²) < 4.78 is 24.8. The highest BCUT2D eigenvalue weighted by Crippen LogP contribution is 2.22. The van der Waals surface area contributed by atoms with E-state index in [1.54, 1.807) is 29.2 Å². The Hall–Kier alpha value is -2.22. The van der Waals surface area contributed by atoms with Crippen LogP contribution in [-0.4, -0.2) is 53.1 Å². The first-order chi connectivity index (χ1) is 11.8. The van der Waals surface area contributed by atoms with Gasteiger partial charge in [-0.2, -0.15) is 5.10 Å². The van der Waals surface area contributed by atoms with Gasteiger partial charge in [-0.05, 0) is 18.9 Å². The highest BCUT2D eigenvalue weighted by atomic mass is 32.2. The molecule has 1 fully saturated rings. The number of carbonyl (C=O) groups excluding carboxylic acids is 1. The number of sulfone groups is 1. The molecule has 0 radical (unpaired) electrons. The van der Waals surface area contributed by atoms with Crippen molar-refractivity contribution >= 4 is 26.5 Å². The summed E-state index contributed by atoms with van der Waals surface area (Å²) in [7, 11) is -1.59. The Bertz CT molecular complexity index is 981. The molecule has 0 bridgehead atoms. The summed E-state index contributed by atoms with van der Waals surface area (Å²) in [6.45, 7) is 2.40. The second-order valence-corrected chi connectivity index (χ2v) is 8.61. The van der Waals surface area contributed by atoms with E-state index in [1.165, 1.54) is 7.05 Å². The molecule has 2 heterocycles. The molecule has 1 saturated heterocycles. The third kappa shape index (κ3) is 3.30. The average Bonchev–Trinajstić information content (AvgIpc) is 2.95. The van der Waals surface area contributed by atoms with Crippen LogP contribution in [-0.2, 0) is 16.9 Å². The second kappa shape index (κ2) is 6.59. The molecule has 0 N–H and O–H groups in total. The maximum Gasteiger partial charge on any atom is 0.275 e. The van der Waals surface area contributed by atoms with Gasteiger partial charge in [0.1, 0.15) is 0 Å². The third-order valence-corrected chi connectivity index (χ3v) is 6.28. The number of rotatable bonds is 4. The van der Waals surface area contributed by atoms with Gasteiger partial charge in [0.2, 0.25) is 0 Å². The first-order valence-electron chi connectivity index (χ1n) is 8.31. The molecule has 0 aliphatic carbocycles. The highest BCUT2D eigenvalue weighted by molar-refractivity contribution is 7.91. The fraction of sp³-hybridized carbons (Fsp3) is 0.471. The molecule has 0 saturated carbocycles. The monoisotopic (exact) mass is 363 g/mol. The molecule has 25 heavy (non-hydrogen) atoms. The van der Waals surface area contributed by atoms with Gasteiger partial charge in [0.25, 0.3) is 11.5 Å². The number of amides is 1. The van der Waals surface area contributed by atoms with Gasteiger partial charge in [0.15, 0.2) is 15.5 Å². The number of aryl methyl sites for hydroxylation is 1. The lowest BCUT2D eigenvalue weighted by molar-refractivity contribution is 0.0691.